The maximum atomic E-state index is 12.7. The number of hydrogen-bond donors (Lipinski definition) is 1. The Labute approximate surface area is 185 Å². The van der Waals surface area contributed by atoms with E-state index in [0.29, 0.717) is 16.6 Å². The predicted molar refractivity (Wildman–Crippen MR) is 118 cm³/mol. The summed E-state index contributed by atoms with van der Waals surface area (Å²) in [7, 11) is -3.71. The van der Waals surface area contributed by atoms with E-state index in [1.54, 1.807) is 0 Å². The first kappa shape index (κ1) is 22.5. The van der Waals surface area contributed by atoms with Crippen LogP contribution in [-0.4, -0.2) is 48.5 Å². The van der Waals surface area contributed by atoms with E-state index in [9.17, 15) is 13.2 Å². The zero-order chi connectivity index (χ0) is 21.0. The first-order valence-corrected chi connectivity index (χ1v) is 12.7. The molecule has 1 unspecified atom stereocenters. The van der Waals surface area contributed by atoms with Crippen molar-refractivity contribution in [3.8, 4) is 0 Å². The molecule has 3 rings (SSSR count). The molecule has 0 radical (unpaired) electrons. The van der Waals surface area contributed by atoms with Crippen LogP contribution in [0.3, 0.4) is 0 Å². The van der Waals surface area contributed by atoms with Gasteiger partial charge in [0.1, 0.15) is 0 Å². The van der Waals surface area contributed by atoms with Gasteiger partial charge in [0, 0.05) is 35.3 Å². The third kappa shape index (κ3) is 5.30. The van der Waals surface area contributed by atoms with Crippen LogP contribution >= 0.6 is 34.5 Å². The molecule has 0 saturated heterocycles. The molecule has 0 bridgehead atoms. The molecule has 0 aliphatic heterocycles. The van der Waals surface area contributed by atoms with Gasteiger partial charge in [-0.3, -0.25) is 10.1 Å². The van der Waals surface area contributed by atoms with Crippen LogP contribution in [0, 0.1) is 5.92 Å². The number of aryl methyl sites for hydroxylation is 1. The van der Waals surface area contributed by atoms with E-state index < -0.39 is 10.0 Å². The van der Waals surface area contributed by atoms with Gasteiger partial charge >= 0.3 is 0 Å². The number of aromatic nitrogens is 1. The van der Waals surface area contributed by atoms with Crippen LogP contribution in [0.25, 0.3) is 0 Å². The second-order valence-electron chi connectivity index (χ2n) is 7.00. The average molecular weight is 476 g/mol. The minimum atomic E-state index is -3.71. The first-order valence-electron chi connectivity index (χ1n) is 9.37. The molecule has 1 amide bonds. The number of alkyl halides is 2. The highest BCUT2D eigenvalue weighted by Crippen LogP contribution is 2.32. The molecule has 1 N–H and O–H groups in total. The summed E-state index contributed by atoms with van der Waals surface area (Å²) in [5.41, 5.74) is 1.44. The number of anilines is 1. The number of rotatable bonds is 8. The highest BCUT2D eigenvalue weighted by molar-refractivity contribution is 7.89. The number of halogens is 2. The van der Waals surface area contributed by atoms with Crippen LogP contribution in [0.4, 0.5) is 5.13 Å². The number of carbonyl (C=O) groups excluding carboxylic acids is 1. The molecule has 1 heterocycles. The minimum absolute atomic E-state index is 0.1000. The van der Waals surface area contributed by atoms with Crippen molar-refractivity contribution in [2.24, 2.45) is 5.92 Å². The lowest BCUT2D eigenvalue weighted by atomic mass is 9.93. The summed E-state index contributed by atoms with van der Waals surface area (Å²) in [5.74, 6) is 0.645. The third-order valence-electron chi connectivity index (χ3n) is 4.83. The molecule has 1 aromatic carbocycles. The van der Waals surface area contributed by atoms with Gasteiger partial charge in [-0.1, -0.05) is 6.92 Å². The van der Waals surface area contributed by atoms with Crippen LogP contribution in [0.15, 0.2) is 29.2 Å². The summed E-state index contributed by atoms with van der Waals surface area (Å²) in [5, 5.41) is 3.41. The Morgan fingerprint density at radius 3 is 2.52 bits per heavy atom. The van der Waals surface area contributed by atoms with E-state index in [-0.39, 0.29) is 35.7 Å². The van der Waals surface area contributed by atoms with Gasteiger partial charge < -0.3 is 0 Å². The number of nitrogens with one attached hydrogen (secondary N) is 1. The molecule has 1 aliphatic rings. The van der Waals surface area contributed by atoms with Crippen molar-refractivity contribution in [3.63, 3.8) is 0 Å². The smallest absolute Gasteiger partial charge is 0.257 e. The Morgan fingerprint density at radius 2 is 1.90 bits per heavy atom. The molecule has 6 nitrogen and oxygen atoms in total. The number of hydrogen-bond acceptors (Lipinski definition) is 5. The zero-order valence-corrected chi connectivity index (χ0v) is 19.2. The van der Waals surface area contributed by atoms with E-state index in [1.807, 2.05) is 0 Å². The van der Waals surface area contributed by atoms with Gasteiger partial charge in [-0.15, -0.1) is 34.5 Å². The molecule has 2 aromatic rings. The second kappa shape index (κ2) is 9.75. The zero-order valence-electron chi connectivity index (χ0n) is 16.0. The van der Waals surface area contributed by atoms with Crippen LogP contribution in [-0.2, 0) is 22.9 Å². The fraction of sp³-hybridized carbons (Fsp3) is 0.474. The topological polar surface area (TPSA) is 79.4 Å². The molecule has 10 heteroatoms. The molecular formula is C19H23Cl2N3O3S2. The molecule has 158 valence electrons. The molecular weight excluding hydrogens is 453 g/mol. The maximum Gasteiger partial charge on any atom is 0.257 e. The first-order chi connectivity index (χ1) is 13.8. The van der Waals surface area contributed by atoms with E-state index >= 15 is 0 Å². The quantitative estimate of drug-likeness (QED) is 0.585. The lowest BCUT2D eigenvalue weighted by Crippen LogP contribution is -2.34. The van der Waals surface area contributed by atoms with Crippen molar-refractivity contribution < 1.29 is 13.2 Å². The SMILES string of the molecule is CC1CCc2sc(NC(=O)c3ccc(S(=O)(=O)N(CCCl)CCCl)cc3)nc2C1. The fourth-order valence-electron chi connectivity index (χ4n) is 3.24. The summed E-state index contributed by atoms with van der Waals surface area (Å²) < 4.78 is 26.7. The molecule has 1 atom stereocenters. The van der Waals surface area contributed by atoms with Crippen LogP contribution < -0.4 is 5.32 Å². The van der Waals surface area contributed by atoms with Crippen molar-refractivity contribution in [2.45, 2.75) is 31.1 Å². The maximum absolute atomic E-state index is 12.7. The van der Waals surface area contributed by atoms with Crippen molar-refractivity contribution in [2.75, 3.05) is 30.2 Å². The van der Waals surface area contributed by atoms with Crippen molar-refractivity contribution in [1.82, 2.24) is 9.29 Å². The Balaban J connectivity index is 1.72. The van der Waals surface area contributed by atoms with Crippen molar-refractivity contribution in [1.29, 1.82) is 0 Å². The van der Waals surface area contributed by atoms with Gasteiger partial charge in [-0.2, -0.15) is 4.31 Å². The Bertz CT molecular complexity index is 956. The molecule has 1 aliphatic carbocycles. The van der Waals surface area contributed by atoms with Crippen molar-refractivity contribution in [3.05, 3.63) is 40.4 Å². The van der Waals surface area contributed by atoms with Gasteiger partial charge in [-0.05, 0) is 49.4 Å². The number of amides is 1. The molecule has 0 saturated carbocycles. The molecule has 0 fully saturated rings. The van der Waals surface area contributed by atoms with E-state index in [1.165, 1.54) is 44.8 Å². The molecule has 0 spiro atoms. The number of fused-ring (bicyclic) bond motifs is 1. The summed E-state index contributed by atoms with van der Waals surface area (Å²) >= 11 is 12.9. The normalized spacial score (nSPS) is 16.6. The Morgan fingerprint density at radius 1 is 1.24 bits per heavy atom. The fourth-order valence-corrected chi connectivity index (χ4v) is 6.29. The Kier molecular flexibility index (Phi) is 7.56. The number of sulfonamides is 1. The largest absolute Gasteiger partial charge is 0.298 e. The number of nitrogens with zero attached hydrogens (tertiary/aromatic N) is 2. The van der Waals surface area contributed by atoms with Gasteiger partial charge in [0.2, 0.25) is 10.0 Å². The lowest BCUT2D eigenvalue weighted by Gasteiger charge is -2.20. The summed E-state index contributed by atoms with van der Waals surface area (Å²) in [6.45, 7) is 2.55. The Hall–Kier alpha value is -1.19. The van der Waals surface area contributed by atoms with E-state index in [4.69, 9.17) is 23.2 Å². The summed E-state index contributed by atoms with van der Waals surface area (Å²) in [6.07, 6.45) is 3.08. The summed E-state index contributed by atoms with van der Waals surface area (Å²) in [4.78, 5) is 18.4. The van der Waals surface area contributed by atoms with Gasteiger partial charge in [0.25, 0.3) is 5.91 Å². The predicted octanol–water partition coefficient (Wildman–Crippen LogP) is 3.99. The highest BCUT2D eigenvalue weighted by atomic mass is 35.5. The molecule has 1 aromatic heterocycles. The van der Waals surface area contributed by atoms with Gasteiger partial charge in [0.15, 0.2) is 5.13 Å². The average Bonchev–Trinajstić information content (AvgIpc) is 3.09. The monoisotopic (exact) mass is 475 g/mol. The van der Waals surface area contributed by atoms with Gasteiger partial charge in [0.05, 0.1) is 10.6 Å². The number of benzene rings is 1. The highest BCUT2D eigenvalue weighted by Gasteiger charge is 2.24. The summed E-state index contributed by atoms with van der Waals surface area (Å²) in [6, 6.07) is 5.84. The molecule has 29 heavy (non-hydrogen) atoms. The van der Waals surface area contributed by atoms with E-state index in [0.717, 1.165) is 25.0 Å². The number of carbonyl (C=O) groups is 1. The van der Waals surface area contributed by atoms with Gasteiger partial charge in [-0.25, -0.2) is 13.4 Å². The van der Waals surface area contributed by atoms with E-state index in [2.05, 4.69) is 17.2 Å². The van der Waals surface area contributed by atoms with Crippen LogP contribution in [0.2, 0.25) is 0 Å². The second-order valence-corrected chi connectivity index (χ2v) is 10.8. The number of thiazole rings is 1. The third-order valence-corrected chi connectivity index (χ3v) is 8.15. The van der Waals surface area contributed by atoms with Crippen LogP contribution in [0.1, 0.15) is 34.3 Å². The minimum Gasteiger partial charge on any atom is -0.298 e. The van der Waals surface area contributed by atoms with Crippen LogP contribution in [0.5, 0.6) is 0 Å². The lowest BCUT2D eigenvalue weighted by molar-refractivity contribution is 0.102. The van der Waals surface area contributed by atoms with Crippen molar-refractivity contribution >= 4 is 55.6 Å². The standard InChI is InChI=1S/C19H23Cl2N3O3S2/c1-13-2-7-17-16(12-13)22-19(28-17)23-18(25)14-3-5-15(6-4-14)29(26,27)24(10-8-20)11-9-21/h3-6,13H,2,7-12H2,1H3,(H,22,23,25).